The van der Waals surface area contributed by atoms with Crippen LogP contribution in [0.25, 0.3) is 6.08 Å². The normalized spacial score (nSPS) is 23.4. The molecule has 164 valence electrons. The molecule has 2 aliphatic rings. The number of H-pyrrole nitrogens is 1. The van der Waals surface area contributed by atoms with E-state index in [9.17, 15) is 9.59 Å². The number of nitrogens with one attached hydrogen (secondary N) is 1. The SMILES string of the molecule is CC=C1C2C=C(C)CC1(N=C/C=C/c1ccccc1C(=O)N(C)C)c1ccc(=O)[nH]c1C2. The van der Waals surface area contributed by atoms with Crippen LogP contribution in [0.5, 0.6) is 0 Å². The molecule has 1 amide bonds. The first-order valence-electron chi connectivity index (χ1n) is 10.9. The first-order chi connectivity index (χ1) is 15.4. The Morgan fingerprint density at radius 3 is 2.75 bits per heavy atom. The summed E-state index contributed by atoms with van der Waals surface area (Å²) >= 11 is 0. The number of hydrogen-bond acceptors (Lipinski definition) is 3. The largest absolute Gasteiger partial charge is 0.345 e. The van der Waals surface area contributed by atoms with Crippen LogP contribution in [0.2, 0.25) is 0 Å². The van der Waals surface area contributed by atoms with Gasteiger partial charge in [-0.1, -0.05) is 42.0 Å². The lowest BCUT2D eigenvalue weighted by Gasteiger charge is -2.45. The maximum absolute atomic E-state index is 12.5. The first-order valence-corrected chi connectivity index (χ1v) is 10.9. The second-order valence-electron chi connectivity index (χ2n) is 8.74. The van der Waals surface area contributed by atoms with Crippen molar-refractivity contribution >= 4 is 18.2 Å². The zero-order valence-corrected chi connectivity index (χ0v) is 19.1. The fraction of sp³-hybridized carbons (Fsp3) is 0.296. The maximum atomic E-state index is 12.5. The van der Waals surface area contributed by atoms with Crippen molar-refractivity contribution in [2.45, 2.75) is 32.2 Å². The minimum atomic E-state index is -0.515. The van der Waals surface area contributed by atoms with Crippen molar-refractivity contribution in [3.63, 3.8) is 0 Å². The van der Waals surface area contributed by atoms with E-state index in [-0.39, 0.29) is 17.4 Å². The number of carbonyl (C=O) groups is 1. The number of rotatable bonds is 4. The quantitative estimate of drug-likeness (QED) is 0.576. The number of aromatic nitrogens is 1. The standard InChI is InChI=1S/C27H29N3O2/c1-5-22-20-15-18(2)17-27(22,23-12-13-25(31)29-24(23)16-20)28-14-8-10-19-9-6-7-11-21(19)26(32)30(3)4/h5-15,20H,16-17H2,1-4H3,(H,29,31)/b10-8+,22-5?,28-14?. The Morgan fingerprint density at radius 2 is 2.00 bits per heavy atom. The summed E-state index contributed by atoms with van der Waals surface area (Å²) in [5.74, 6) is 0.205. The fourth-order valence-electron chi connectivity index (χ4n) is 5.05. The highest BCUT2D eigenvalue weighted by atomic mass is 16.2. The number of aromatic amines is 1. The molecule has 1 aromatic carbocycles. The van der Waals surface area contributed by atoms with Gasteiger partial charge in [0.25, 0.3) is 5.91 Å². The van der Waals surface area contributed by atoms with Gasteiger partial charge in [-0.2, -0.15) is 0 Å². The minimum Gasteiger partial charge on any atom is -0.345 e. The van der Waals surface area contributed by atoms with E-state index in [0.717, 1.165) is 29.7 Å². The van der Waals surface area contributed by atoms with E-state index < -0.39 is 5.54 Å². The van der Waals surface area contributed by atoms with Gasteiger partial charge in [-0.3, -0.25) is 14.6 Å². The van der Waals surface area contributed by atoms with Gasteiger partial charge in [0.15, 0.2) is 0 Å². The zero-order chi connectivity index (χ0) is 22.9. The molecular formula is C27H29N3O2. The van der Waals surface area contributed by atoms with Gasteiger partial charge in [0.05, 0.1) is 0 Å². The highest BCUT2D eigenvalue weighted by molar-refractivity contribution is 5.98. The van der Waals surface area contributed by atoms with Crippen LogP contribution in [-0.4, -0.2) is 36.1 Å². The topological polar surface area (TPSA) is 65.5 Å². The van der Waals surface area contributed by atoms with Crippen molar-refractivity contribution in [2.24, 2.45) is 10.9 Å². The summed E-state index contributed by atoms with van der Waals surface area (Å²) in [6.07, 6.45) is 11.7. The van der Waals surface area contributed by atoms with Crippen LogP contribution in [0.4, 0.5) is 0 Å². The average molecular weight is 428 g/mol. The summed E-state index contributed by atoms with van der Waals surface area (Å²) in [6, 6.07) is 11.1. The maximum Gasteiger partial charge on any atom is 0.253 e. The van der Waals surface area contributed by atoms with Crippen LogP contribution >= 0.6 is 0 Å². The lowest BCUT2D eigenvalue weighted by Crippen LogP contribution is -2.40. The summed E-state index contributed by atoms with van der Waals surface area (Å²) in [4.78, 5) is 34.2. The molecule has 0 fully saturated rings. The van der Waals surface area contributed by atoms with E-state index in [4.69, 9.17) is 4.99 Å². The number of hydrogen-bond donors (Lipinski definition) is 1. The molecule has 1 N–H and O–H groups in total. The van der Waals surface area contributed by atoms with Crippen LogP contribution in [0, 0.1) is 5.92 Å². The monoisotopic (exact) mass is 427 g/mol. The Bertz CT molecular complexity index is 1230. The molecule has 1 heterocycles. The summed E-state index contributed by atoms with van der Waals surface area (Å²) in [7, 11) is 3.50. The third-order valence-corrected chi connectivity index (χ3v) is 6.33. The molecule has 2 aliphatic carbocycles. The first kappa shape index (κ1) is 21.8. The molecule has 32 heavy (non-hydrogen) atoms. The van der Waals surface area contributed by atoms with E-state index in [1.165, 1.54) is 11.1 Å². The predicted octanol–water partition coefficient (Wildman–Crippen LogP) is 4.52. The molecule has 2 bridgehead atoms. The Kier molecular flexibility index (Phi) is 5.83. The van der Waals surface area contributed by atoms with E-state index in [2.05, 4.69) is 31.0 Å². The molecule has 1 aromatic heterocycles. The molecule has 0 aliphatic heterocycles. The van der Waals surface area contributed by atoms with Crippen molar-refractivity contribution in [1.82, 2.24) is 9.88 Å². The lowest BCUT2D eigenvalue weighted by molar-refractivity contribution is 0.0827. The number of fused-ring (bicyclic) bond motifs is 4. The average Bonchev–Trinajstić information content (AvgIpc) is 2.75. The molecule has 0 saturated carbocycles. The number of pyridine rings is 1. The third-order valence-electron chi connectivity index (χ3n) is 6.33. The summed E-state index contributed by atoms with van der Waals surface area (Å²) in [5, 5.41) is 0. The molecule has 2 atom stereocenters. The van der Waals surface area contributed by atoms with Gasteiger partial charge in [-0.25, -0.2) is 0 Å². The van der Waals surface area contributed by atoms with E-state index in [1.807, 2.05) is 48.7 Å². The molecule has 0 spiro atoms. The van der Waals surface area contributed by atoms with Crippen LogP contribution in [0.3, 0.4) is 0 Å². The van der Waals surface area contributed by atoms with Crippen molar-refractivity contribution in [2.75, 3.05) is 14.1 Å². The molecule has 0 saturated heterocycles. The Balaban J connectivity index is 1.74. The third kappa shape index (κ3) is 3.79. The van der Waals surface area contributed by atoms with Crippen LogP contribution in [-0.2, 0) is 12.0 Å². The van der Waals surface area contributed by atoms with Crippen LogP contribution < -0.4 is 5.56 Å². The zero-order valence-electron chi connectivity index (χ0n) is 19.1. The lowest BCUT2D eigenvalue weighted by atomic mass is 9.63. The molecule has 0 radical (unpaired) electrons. The molecule has 4 rings (SSSR count). The molecule has 5 heteroatoms. The Labute approximate surface area is 188 Å². The number of amides is 1. The Hall–Kier alpha value is -3.47. The van der Waals surface area contributed by atoms with Gasteiger partial charge in [0.1, 0.15) is 5.54 Å². The number of benzene rings is 1. The molecule has 2 aromatic rings. The summed E-state index contributed by atoms with van der Waals surface area (Å²) in [6.45, 7) is 4.22. The number of aliphatic imine (C=N–C) groups is 1. The van der Waals surface area contributed by atoms with Gasteiger partial charge in [-0.15, -0.1) is 0 Å². The van der Waals surface area contributed by atoms with Gasteiger partial charge >= 0.3 is 0 Å². The predicted molar refractivity (Wildman–Crippen MR) is 130 cm³/mol. The molecule has 5 nitrogen and oxygen atoms in total. The van der Waals surface area contributed by atoms with Crippen molar-refractivity contribution in [3.05, 3.63) is 98.5 Å². The van der Waals surface area contributed by atoms with Crippen LogP contribution in [0.15, 0.2) is 75.6 Å². The number of allylic oxidation sites excluding steroid dienone is 3. The second-order valence-corrected chi connectivity index (χ2v) is 8.74. The van der Waals surface area contributed by atoms with Crippen molar-refractivity contribution in [1.29, 1.82) is 0 Å². The molecular weight excluding hydrogens is 398 g/mol. The number of nitrogens with zero attached hydrogens (tertiary/aromatic N) is 2. The minimum absolute atomic E-state index is 0.0296. The molecule has 2 unspecified atom stereocenters. The Morgan fingerprint density at radius 1 is 1.22 bits per heavy atom. The van der Waals surface area contributed by atoms with Gasteiger partial charge in [0, 0.05) is 55.5 Å². The summed E-state index contributed by atoms with van der Waals surface area (Å²) in [5.41, 5.74) is 5.54. The second kappa shape index (κ2) is 8.58. The van der Waals surface area contributed by atoms with E-state index in [1.54, 1.807) is 25.1 Å². The van der Waals surface area contributed by atoms with Crippen molar-refractivity contribution < 1.29 is 4.79 Å². The summed E-state index contributed by atoms with van der Waals surface area (Å²) < 4.78 is 0. The van der Waals surface area contributed by atoms with Gasteiger partial charge in [-0.05, 0) is 49.6 Å². The van der Waals surface area contributed by atoms with Gasteiger partial charge in [0.2, 0.25) is 5.56 Å². The smallest absolute Gasteiger partial charge is 0.253 e. The van der Waals surface area contributed by atoms with E-state index >= 15 is 0 Å². The highest BCUT2D eigenvalue weighted by Crippen LogP contribution is 2.51. The van der Waals surface area contributed by atoms with Crippen LogP contribution in [0.1, 0.15) is 47.4 Å². The van der Waals surface area contributed by atoms with E-state index in [0.29, 0.717) is 5.56 Å². The van der Waals surface area contributed by atoms with Gasteiger partial charge < -0.3 is 9.88 Å². The number of carbonyl (C=O) groups excluding carboxylic acids is 1. The van der Waals surface area contributed by atoms with Crippen molar-refractivity contribution in [3.8, 4) is 0 Å². The fourth-order valence-corrected chi connectivity index (χ4v) is 5.05. The highest BCUT2D eigenvalue weighted by Gasteiger charge is 2.46.